The van der Waals surface area contributed by atoms with Gasteiger partial charge in [-0.3, -0.25) is 4.79 Å². The zero-order chi connectivity index (χ0) is 26.2. The van der Waals surface area contributed by atoms with E-state index in [4.69, 9.17) is 4.52 Å². The number of benzene rings is 3. The average molecular weight is 507 g/mol. The van der Waals surface area contributed by atoms with Crippen LogP contribution in [0.5, 0.6) is 0 Å². The van der Waals surface area contributed by atoms with Gasteiger partial charge in [-0.25, -0.2) is 4.39 Å². The van der Waals surface area contributed by atoms with Gasteiger partial charge in [0, 0.05) is 12.0 Å². The number of carbonyl (C=O) groups is 1. The lowest BCUT2D eigenvalue weighted by Gasteiger charge is -2.16. The number of halogens is 4. The molecule has 3 aromatic carbocycles. The monoisotopic (exact) mass is 507 g/mol. The van der Waals surface area contributed by atoms with E-state index >= 15 is 0 Å². The predicted octanol–water partition coefficient (Wildman–Crippen LogP) is 6.40. The highest BCUT2D eigenvalue weighted by Gasteiger charge is 2.41. The first-order chi connectivity index (χ1) is 17.7. The van der Waals surface area contributed by atoms with Crippen LogP contribution in [-0.2, 0) is 17.4 Å². The van der Waals surface area contributed by atoms with Gasteiger partial charge in [-0.1, -0.05) is 71.4 Å². The van der Waals surface area contributed by atoms with Gasteiger partial charge in [0.1, 0.15) is 11.9 Å². The highest BCUT2D eigenvalue weighted by Crippen LogP contribution is 2.47. The Bertz CT molecular complexity index is 1460. The molecule has 0 aliphatic heterocycles. The second-order valence-electron chi connectivity index (χ2n) is 8.78. The molecule has 2 atom stereocenters. The van der Waals surface area contributed by atoms with E-state index < -0.39 is 29.5 Å². The molecule has 1 N–H and O–H groups in total. The smallest absolute Gasteiger partial charge is 0.343 e. The van der Waals surface area contributed by atoms with Crippen LogP contribution in [0, 0.1) is 11.7 Å². The summed E-state index contributed by atoms with van der Waals surface area (Å²) < 4.78 is 58.5. The van der Waals surface area contributed by atoms with Gasteiger partial charge in [0.25, 0.3) is 0 Å². The summed E-state index contributed by atoms with van der Waals surface area (Å²) in [5, 5.41) is 6.79. The number of nitrogens with one attached hydrogen (secondary N) is 1. The Morgan fingerprint density at radius 3 is 2.32 bits per heavy atom. The van der Waals surface area contributed by atoms with E-state index in [-0.39, 0.29) is 24.0 Å². The normalized spacial score (nSPS) is 16.0. The third-order valence-electron chi connectivity index (χ3n) is 6.32. The summed E-state index contributed by atoms with van der Waals surface area (Å²) in [7, 11) is 0. The van der Waals surface area contributed by atoms with Gasteiger partial charge in [-0.15, -0.1) is 0 Å². The van der Waals surface area contributed by atoms with Gasteiger partial charge in [-0.05, 0) is 41.8 Å². The number of hydrogen-bond donors (Lipinski definition) is 1. The number of aromatic nitrogens is 2. The Kier molecular flexibility index (Phi) is 6.37. The fraction of sp³-hybridized carbons (Fsp3) is 0.179. The summed E-state index contributed by atoms with van der Waals surface area (Å²) >= 11 is 0. The zero-order valence-corrected chi connectivity index (χ0v) is 19.6. The lowest BCUT2D eigenvalue weighted by atomic mass is 10.0. The van der Waals surface area contributed by atoms with Crippen LogP contribution < -0.4 is 5.32 Å². The van der Waals surface area contributed by atoms with E-state index in [2.05, 4.69) is 15.5 Å². The van der Waals surface area contributed by atoms with Gasteiger partial charge in [-0.2, -0.15) is 18.2 Å². The molecule has 0 saturated carbocycles. The molecule has 0 spiro atoms. The molecule has 1 aliphatic rings. The molecule has 9 heteroatoms. The highest BCUT2D eigenvalue weighted by molar-refractivity contribution is 6.06. The van der Waals surface area contributed by atoms with E-state index in [1.54, 1.807) is 18.2 Å². The first kappa shape index (κ1) is 24.4. The van der Waals surface area contributed by atoms with Crippen LogP contribution >= 0.6 is 0 Å². The van der Waals surface area contributed by atoms with E-state index in [0.29, 0.717) is 11.1 Å². The van der Waals surface area contributed by atoms with Crippen LogP contribution in [0.15, 0.2) is 89.0 Å². The van der Waals surface area contributed by atoms with Crippen LogP contribution in [0.1, 0.15) is 35.5 Å². The Hall–Kier alpha value is -4.27. The molecule has 5 rings (SSSR count). The van der Waals surface area contributed by atoms with Crippen molar-refractivity contribution in [2.45, 2.75) is 25.6 Å². The van der Waals surface area contributed by atoms with Crippen LogP contribution in [0.3, 0.4) is 0 Å². The molecular weight excluding hydrogens is 486 g/mol. The number of alkyl halides is 3. The molecule has 1 amide bonds. The van der Waals surface area contributed by atoms with Crippen molar-refractivity contribution in [3.8, 4) is 11.4 Å². The third kappa shape index (κ3) is 5.16. The quantitative estimate of drug-likeness (QED) is 0.294. The summed E-state index contributed by atoms with van der Waals surface area (Å²) in [5.74, 6) is -1.09. The molecule has 1 aliphatic carbocycles. The van der Waals surface area contributed by atoms with Gasteiger partial charge >= 0.3 is 6.18 Å². The predicted molar refractivity (Wildman–Crippen MR) is 128 cm³/mol. The van der Waals surface area contributed by atoms with Crippen LogP contribution in [-0.4, -0.2) is 16.0 Å². The van der Waals surface area contributed by atoms with Crippen LogP contribution in [0.2, 0.25) is 0 Å². The maximum atomic E-state index is 14.4. The van der Waals surface area contributed by atoms with Gasteiger partial charge in [0.15, 0.2) is 0 Å². The number of nitrogens with zero attached hydrogens (tertiary/aromatic N) is 2. The first-order valence-corrected chi connectivity index (χ1v) is 11.5. The lowest BCUT2D eigenvalue weighted by Crippen LogP contribution is -2.32. The van der Waals surface area contributed by atoms with Crippen molar-refractivity contribution in [2.24, 2.45) is 5.92 Å². The van der Waals surface area contributed by atoms with Crippen molar-refractivity contribution in [1.29, 1.82) is 0 Å². The minimum Gasteiger partial charge on any atom is -0.343 e. The third-order valence-corrected chi connectivity index (χ3v) is 6.32. The number of rotatable bonds is 7. The molecule has 5 nitrogen and oxygen atoms in total. The zero-order valence-electron chi connectivity index (χ0n) is 19.6. The molecule has 0 saturated heterocycles. The molecular formula is C28H21F4N3O2. The molecule has 0 bridgehead atoms. The first-order valence-electron chi connectivity index (χ1n) is 11.5. The summed E-state index contributed by atoms with van der Waals surface area (Å²) in [4.78, 5) is 17.5. The molecule has 1 aromatic heterocycles. The second-order valence-corrected chi connectivity index (χ2v) is 8.78. The van der Waals surface area contributed by atoms with E-state index in [9.17, 15) is 22.4 Å². The Morgan fingerprint density at radius 1 is 0.973 bits per heavy atom. The standard InChI is InChI=1S/C28H21F4N3O2/c1-16-23(17-7-3-2-4-8-17)24(16)26(36)33-22(15-19-9-5-6-10-21(19)29)27-34-25(35-37-27)18-11-13-20(14-12-18)28(30,31)32/h2-14,22,24H,15H2,1H3,(H,33,36). The Balaban J connectivity index is 1.39. The molecule has 37 heavy (non-hydrogen) atoms. The molecule has 0 radical (unpaired) electrons. The maximum absolute atomic E-state index is 14.4. The number of carbonyl (C=O) groups excluding carboxylic acids is 1. The van der Waals surface area contributed by atoms with Crippen molar-refractivity contribution < 1.29 is 26.9 Å². The molecule has 188 valence electrons. The molecule has 1 heterocycles. The second kappa shape index (κ2) is 9.65. The highest BCUT2D eigenvalue weighted by atomic mass is 19.4. The number of amides is 1. The van der Waals surface area contributed by atoms with Gasteiger partial charge in [0.05, 0.1) is 11.5 Å². The molecule has 2 unspecified atom stereocenters. The summed E-state index contributed by atoms with van der Waals surface area (Å²) in [6, 6.07) is 19.2. The number of hydrogen-bond acceptors (Lipinski definition) is 4. The largest absolute Gasteiger partial charge is 0.416 e. The topological polar surface area (TPSA) is 68.0 Å². The van der Waals surface area contributed by atoms with Crippen molar-refractivity contribution >= 4 is 11.5 Å². The fourth-order valence-electron chi connectivity index (χ4n) is 4.31. The van der Waals surface area contributed by atoms with E-state index in [1.165, 1.54) is 18.2 Å². The summed E-state index contributed by atoms with van der Waals surface area (Å²) in [5.41, 5.74) is 2.67. The SMILES string of the molecule is CC1=C(c2ccccc2)C1C(=O)NC(Cc1ccccc1F)c1nc(-c2ccc(C(F)(F)F)cc2)no1. The minimum atomic E-state index is -4.47. The average Bonchev–Trinajstić information content (AvgIpc) is 3.31. The van der Waals surface area contributed by atoms with E-state index in [1.807, 2.05) is 37.3 Å². The molecule has 4 aromatic rings. The maximum Gasteiger partial charge on any atom is 0.416 e. The summed E-state index contributed by atoms with van der Waals surface area (Å²) in [6.45, 7) is 1.88. The van der Waals surface area contributed by atoms with Crippen LogP contribution in [0.25, 0.3) is 17.0 Å². The lowest BCUT2D eigenvalue weighted by molar-refractivity contribution is -0.137. The van der Waals surface area contributed by atoms with Gasteiger partial charge < -0.3 is 9.84 Å². The van der Waals surface area contributed by atoms with Crippen molar-refractivity contribution in [2.75, 3.05) is 0 Å². The Labute approximate surface area is 209 Å². The Morgan fingerprint density at radius 2 is 1.65 bits per heavy atom. The van der Waals surface area contributed by atoms with Crippen LogP contribution in [0.4, 0.5) is 17.6 Å². The van der Waals surface area contributed by atoms with E-state index in [0.717, 1.165) is 28.8 Å². The van der Waals surface area contributed by atoms with Crippen molar-refractivity contribution in [3.05, 3.63) is 113 Å². The van der Waals surface area contributed by atoms with Gasteiger partial charge in [0.2, 0.25) is 17.6 Å². The summed E-state index contributed by atoms with van der Waals surface area (Å²) in [6.07, 6.45) is -4.43. The minimum absolute atomic E-state index is 0.0195. The fourth-order valence-corrected chi connectivity index (χ4v) is 4.31. The van der Waals surface area contributed by atoms with Crippen molar-refractivity contribution in [1.82, 2.24) is 15.5 Å². The molecule has 0 fully saturated rings. The van der Waals surface area contributed by atoms with Crippen molar-refractivity contribution in [3.63, 3.8) is 0 Å².